The lowest BCUT2D eigenvalue weighted by Gasteiger charge is -2.39. The van der Waals surface area contributed by atoms with E-state index in [-0.39, 0.29) is 36.1 Å². The van der Waals surface area contributed by atoms with Gasteiger partial charge in [0.15, 0.2) is 0 Å². The summed E-state index contributed by atoms with van der Waals surface area (Å²) in [6, 6.07) is -1.80. The van der Waals surface area contributed by atoms with Gasteiger partial charge in [0.2, 0.25) is 12.2 Å². The second kappa shape index (κ2) is 14.2. The lowest BCUT2D eigenvalue weighted by Crippen LogP contribution is -2.59. The molecule has 1 amide bonds. The van der Waals surface area contributed by atoms with Crippen LogP contribution in [0, 0.1) is 17.2 Å². The molecular weight excluding hydrogens is 452 g/mol. The summed E-state index contributed by atoms with van der Waals surface area (Å²) in [6.45, 7) is 14.2. The molecule has 200 valence electrons. The number of ether oxygens (including phenoxy) is 3. The van der Waals surface area contributed by atoms with E-state index in [1.807, 2.05) is 13.8 Å². The Morgan fingerprint density at radius 2 is 1.66 bits per heavy atom. The number of nitrogens with one attached hydrogen (secondary N) is 3. The molecule has 0 aromatic carbocycles. The van der Waals surface area contributed by atoms with Crippen LogP contribution < -0.4 is 16.4 Å². The SMILES string of the molecule is CCC(CC)O[C@@H]1C=C(C(=O)OC(OC(=O)[C@H](N)C(C)C)C(C)C)C[C@H](NC(C)=N)C1NC(C)=O. The van der Waals surface area contributed by atoms with E-state index in [2.05, 4.69) is 10.6 Å². The van der Waals surface area contributed by atoms with Gasteiger partial charge in [-0.05, 0) is 31.8 Å². The zero-order valence-corrected chi connectivity index (χ0v) is 22.3. The fourth-order valence-electron chi connectivity index (χ4n) is 3.72. The Morgan fingerprint density at radius 1 is 1.06 bits per heavy atom. The first-order valence-corrected chi connectivity index (χ1v) is 12.4. The van der Waals surface area contributed by atoms with Crippen molar-refractivity contribution in [3.63, 3.8) is 0 Å². The molecule has 0 spiro atoms. The molecule has 0 fully saturated rings. The van der Waals surface area contributed by atoms with Crippen molar-refractivity contribution in [1.82, 2.24) is 10.6 Å². The summed E-state index contributed by atoms with van der Waals surface area (Å²) in [4.78, 5) is 37.5. The fourth-order valence-corrected chi connectivity index (χ4v) is 3.72. The maximum Gasteiger partial charge on any atom is 0.336 e. The largest absolute Gasteiger partial charge is 0.424 e. The molecule has 5 atom stereocenters. The smallest absolute Gasteiger partial charge is 0.336 e. The van der Waals surface area contributed by atoms with E-state index >= 15 is 0 Å². The minimum Gasteiger partial charge on any atom is -0.424 e. The standard InChI is InChI=1S/C25H44N4O6/c1-9-18(10-2)33-20-12-17(11-19(28-15(7)26)22(20)29-16(8)30)23(31)34-25(14(5)6)35-24(32)21(27)13(3)4/h12-14,18-22,25H,9-11,27H2,1-8H3,(H2,26,28)(H,29,30)/t19-,20+,21+,22?,25?/m0/s1. The first kappa shape index (κ1) is 30.6. The third-order valence-corrected chi connectivity index (χ3v) is 5.88. The normalized spacial score (nSPS) is 21.8. The van der Waals surface area contributed by atoms with E-state index in [1.165, 1.54) is 6.92 Å². The van der Waals surface area contributed by atoms with Gasteiger partial charge in [0.05, 0.1) is 30.1 Å². The molecule has 0 aliphatic heterocycles. The van der Waals surface area contributed by atoms with Crippen LogP contribution in [0.5, 0.6) is 0 Å². The minimum atomic E-state index is -1.11. The van der Waals surface area contributed by atoms with Crippen molar-refractivity contribution in [1.29, 1.82) is 5.41 Å². The van der Waals surface area contributed by atoms with Gasteiger partial charge in [-0.3, -0.25) is 15.0 Å². The van der Waals surface area contributed by atoms with Crippen molar-refractivity contribution in [2.24, 2.45) is 17.6 Å². The number of carbonyl (C=O) groups excluding carboxylic acids is 3. The van der Waals surface area contributed by atoms with E-state index in [9.17, 15) is 14.4 Å². The molecule has 0 radical (unpaired) electrons. The van der Waals surface area contributed by atoms with Crippen LogP contribution in [-0.4, -0.2) is 60.3 Å². The average molecular weight is 497 g/mol. The summed E-state index contributed by atoms with van der Waals surface area (Å²) in [7, 11) is 0. The highest BCUT2D eigenvalue weighted by atomic mass is 16.7. The molecule has 1 rings (SSSR count). The van der Waals surface area contributed by atoms with Crippen molar-refractivity contribution >= 4 is 23.7 Å². The lowest BCUT2D eigenvalue weighted by atomic mass is 9.87. The number of hydrogen-bond acceptors (Lipinski definition) is 8. The van der Waals surface area contributed by atoms with E-state index in [0.717, 1.165) is 12.8 Å². The predicted octanol–water partition coefficient (Wildman–Crippen LogP) is 2.40. The van der Waals surface area contributed by atoms with E-state index in [4.69, 9.17) is 25.4 Å². The van der Waals surface area contributed by atoms with Crippen LogP contribution >= 0.6 is 0 Å². The predicted molar refractivity (Wildman–Crippen MR) is 133 cm³/mol. The fraction of sp³-hybridized carbons (Fsp3) is 0.760. The molecule has 2 unspecified atom stereocenters. The maximum atomic E-state index is 13.2. The van der Waals surface area contributed by atoms with E-state index in [0.29, 0.717) is 5.57 Å². The van der Waals surface area contributed by atoms with Gasteiger partial charge >= 0.3 is 11.9 Å². The van der Waals surface area contributed by atoms with Crippen LogP contribution in [0.15, 0.2) is 11.6 Å². The van der Waals surface area contributed by atoms with Crippen molar-refractivity contribution in [3.05, 3.63) is 11.6 Å². The summed E-state index contributed by atoms with van der Waals surface area (Å²) in [5, 5.41) is 13.8. The Balaban J connectivity index is 3.23. The van der Waals surface area contributed by atoms with Crippen molar-refractivity contribution in [2.75, 3.05) is 0 Å². The van der Waals surface area contributed by atoms with Crippen LogP contribution in [0.1, 0.15) is 74.7 Å². The molecule has 1 aliphatic rings. The summed E-state index contributed by atoms with van der Waals surface area (Å²) in [5.74, 6) is -1.76. The first-order valence-electron chi connectivity index (χ1n) is 12.4. The zero-order chi connectivity index (χ0) is 26.9. The average Bonchev–Trinajstić information content (AvgIpc) is 2.76. The second-order valence-electron chi connectivity index (χ2n) is 9.76. The molecule has 10 heteroatoms. The quantitative estimate of drug-likeness (QED) is 0.139. The van der Waals surface area contributed by atoms with Crippen LogP contribution in [0.2, 0.25) is 0 Å². The lowest BCUT2D eigenvalue weighted by molar-refractivity contribution is -0.195. The summed E-state index contributed by atoms with van der Waals surface area (Å²) >= 11 is 0. The Kier molecular flexibility index (Phi) is 12.4. The molecule has 1 aliphatic carbocycles. The molecule has 0 bridgehead atoms. The minimum absolute atomic E-state index is 0.0773. The highest BCUT2D eigenvalue weighted by Crippen LogP contribution is 2.26. The molecule has 0 saturated heterocycles. The number of esters is 2. The number of hydrogen-bond donors (Lipinski definition) is 4. The van der Waals surface area contributed by atoms with Gasteiger partial charge in [-0.15, -0.1) is 0 Å². The highest BCUT2D eigenvalue weighted by molar-refractivity contribution is 5.89. The third-order valence-electron chi connectivity index (χ3n) is 5.88. The molecule has 0 saturated carbocycles. The Hall–Kier alpha value is -2.46. The number of nitrogens with two attached hydrogens (primary N) is 1. The van der Waals surface area contributed by atoms with Gasteiger partial charge in [0.1, 0.15) is 6.04 Å². The number of amidine groups is 1. The number of rotatable bonds is 12. The number of carbonyl (C=O) groups is 3. The Bertz CT molecular complexity index is 778. The van der Waals surface area contributed by atoms with Crippen LogP contribution in [0.4, 0.5) is 0 Å². The van der Waals surface area contributed by atoms with Crippen molar-refractivity contribution < 1.29 is 28.6 Å². The first-order chi connectivity index (χ1) is 16.3. The Labute approximate surface area is 209 Å². The zero-order valence-electron chi connectivity index (χ0n) is 22.3. The monoisotopic (exact) mass is 496 g/mol. The third kappa shape index (κ3) is 9.60. The molecular formula is C25H44N4O6. The second-order valence-corrected chi connectivity index (χ2v) is 9.76. The molecule has 5 N–H and O–H groups in total. The molecule has 0 heterocycles. The highest BCUT2D eigenvalue weighted by Gasteiger charge is 2.39. The van der Waals surface area contributed by atoms with E-state index in [1.54, 1.807) is 40.7 Å². The molecule has 0 aromatic rings. The van der Waals surface area contributed by atoms with Gasteiger partial charge in [0.25, 0.3) is 0 Å². The maximum absolute atomic E-state index is 13.2. The van der Waals surface area contributed by atoms with Gasteiger partial charge < -0.3 is 30.6 Å². The van der Waals surface area contributed by atoms with Gasteiger partial charge in [-0.25, -0.2) is 4.79 Å². The van der Waals surface area contributed by atoms with Gasteiger partial charge in [-0.2, -0.15) is 0 Å². The van der Waals surface area contributed by atoms with Crippen molar-refractivity contribution in [3.8, 4) is 0 Å². The topological polar surface area (TPSA) is 153 Å². The molecule has 35 heavy (non-hydrogen) atoms. The van der Waals surface area contributed by atoms with Crippen molar-refractivity contribution in [2.45, 2.75) is 111 Å². The summed E-state index contributed by atoms with van der Waals surface area (Å²) in [5.41, 5.74) is 6.20. The van der Waals surface area contributed by atoms with Gasteiger partial charge in [-0.1, -0.05) is 41.5 Å². The van der Waals surface area contributed by atoms with Crippen LogP contribution in [0.3, 0.4) is 0 Å². The summed E-state index contributed by atoms with van der Waals surface area (Å²) < 4.78 is 17.3. The Morgan fingerprint density at radius 3 is 2.11 bits per heavy atom. The summed E-state index contributed by atoms with van der Waals surface area (Å²) in [6.07, 6.45) is 1.57. The van der Waals surface area contributed by atoms with E-state index < -0.39 is 42.5 Å². The van der Waals surface area contributed by atoms with Crippen LogP contribution in [-0.2, 0) is 28.6 Å². The van der Waals surface area contributed by atoms with Crippen LogP contribution in [0.25, 0.3) is 0 Å². The number of amides is 1. The van der Waals surface area contributed by atoms with Gasteiger partial charge in [0, 0.05) is 24.8 Å². The molecule has 0 aromatic heterocycles. The molecule has 10 nitrogen and oxygen atoms in total.